The second-order valence-corrected chi connectivity index (χ2v) is 6.95. The Balaban J connectivity index is 2.40. The molecule has 1 saturated heterocycles. The summed E-state index contributed by atoms with van der Waals surface area (Å²) in [5, 5.41) is 0. The van der Waals surface area contributed by atoms with Crippen LogP contribution in [-0.2, 0) is 18.5 Å². The van der Waals surface area contributed by atoms with Gasteiger partial charge in [-0.15, -0.1) is 0 Å². The van der Waals surface area contributed by atoms with Crippen molar-refractivity contribution >= 4 is 42.3 Å². The number of nitrogens with zero attached hydrogens (tertiary/aromatic N) is 1. The summed E-state index contributed by atoms with van der Waals surface area (Å²) in [7, 11) is 1.36. The normalized spacial score (nSPS) is 17.1. The summed E-state index contributed by atoms with van der Waals surface area (Å²) >= 11 is 2.11. The molecule has 0 aliphatic carbocycles. The lowest BCUT2D eigenvalue weighted by molar-refractivity contribution is -0.169. The molecule has 0 spiro atoms. The minimum atomic E-state index is -1.07. The van der Waals surface area contributed by atoms with Crippen molar-refractivity contribution in [2.45, 2.75) is 45.6 Å². The van der Waals surface area contributed by atoms with E-state index in [-0.39, 0.29) is 5.91 Å². The van der Waals surface area contributed by atoms with Crippen LogP contribution in [-0.4, -0.2) is 42.1 Å². The Hall–Kier alpha value is -0.0200. The van der Waals surface area contributed by atoms with Crippen LogP contribution in [0.3, 0.4) is 0 Å². The van der Waals surface area contributed by atoms with Crippen molar-refractivity contribution in [1.29, 1.82) is 0 Å². The number of carbonyl (C=O) groups is 2. The van der Waals surface area contributed by atoms with E-state index in [9.17, 15) is 9.59 Å². The van der Waals surface area contributed by atoms with Crippen LogP contribution in [0, 0.1) is 5.92 Å². The van der Waals surface area contributed by atoms with Gasteiger partial charge in [0.1, 0.15) is 0 Å². The monoisotopic (exact) mass is 415 g/mol. The molecule has 0 aromatic carbocycles. The summed E-state index contributed by atoms with van der Waals surface area (Å²) < 4.78 is 10.4. The summed E-state index contributed by atoms with van der Waals surface area (Å²) in [6.07, 6.45) is 3.00. The van der Waals surface area contributed by atoms with Gasteiger partial charge < -0.3 is 13.8 Å². The van der Waals surface area contributed by atoms with Crippen LogP contribution in [0.15, 0.2) is 0 Å². The first kappa shape index (κ1) is 18.0. The van der Waals surface area contributed by atoms with Crippen molar-refractivity contribution in [2.24, 2.45) is 5.92 Å². The second-order valence-electron chi connectivity index (χ2n) is 5.51. The maximum Gasteiger partial charge on any atom is 0.303 e. The first-order valence-electron chi connectivity index (χ1n) is 6.76. The number of ether oxygens (including phenoxy) is 1. The molecule has 5 nitrogen and oxygen atoms in total. The largest absolute Gasteiger partial charge is 0.450 e. The summed E-state index contributed by atoms with van der Waals surface area (Å²) in [5.74, 6) is 0.0799. The zero-order chi connectivity index (χ0) is 15.2. The lowest BCUT2D eigenvalue weighted by Gasteiger charge is -2.36. The zero-order valence-electron chi connectivity index (χ0n) is 12.2. The molecule has 7 heteroatoms. The SMILES string of the molecule is CC(=O)OC(C)(C)C(=O)N1CCC(CCOSI)CC1. The van der Waals surface area contributed by atoms with Gasteiger partial charge in [0.2, 0.25) is 0 Å². The first-order valence-corrected chi connectivity index (χ1v) is 10.0. The van der Waals surface area contributed by atoms with Gasteiger partial charge in [0.25, 0.3) is 5.91 Å². The molecular weight excluding hydrogens is 393 g/mol. The van der Waals surface area contributed by atoms with Gasteiger partial charge in [-0.05, 0) is 39.0 Å². The number of carbonyl (C=O) groups excluding carboxylic acids is 2. The number of halogens is 1. The van der Waals surface area contributed by atoms with Gasteiger partial charge in [0.05, 0.1) is 15.8 Å². The van der Waals surface area contributed by atoms with Crippen molar-refractivity contribution in [3.8, 4) is 0 Å². The topological polar surface area (TPSA) is 55.8 Å². The van der Waals surface area contributed by atoms with Crippen LogP contribution in [0.1, 0.15) is 40.0 Å². The predicted molar refractivity (Wildman–Crippen MR) is 87.3 cm³/mol. The third-order valence-electron chi connectivity index (χ3n) is 3.47. The van der Waals surface area contributed by atoms with Crippen molar-refractivity contribution in [2.75, 3.05) is 19.7 Å². The average molecular weight is 415 g/mol. The second kappa shape index (κ2) is 8.43. The van der Waals surface area contributed by atoms with E-state index in [1.807, 2.05) is 0 Å². The number of amides is 1. The predicted octanol–water partition coefficient (Wildman–Crippen LogP) is 2.97. The number of piperidine rings is 1. The zero-order valence-corrected chi connectivity index (χ0v) is 15.2. The molecule has 1 amide bonds. The third-order valence-corrected chi connectivity index (χ3v) is 4.49. The fourth-order valence-corrected chi connectivity index (χ4v) is 3.15. The van der Waals surface area contributed by atoms with E-state index < -0.39 is 11.6 Å². The average Bonchev–Trinajstić information content (AvgIpc) is 2.37. The molecule has 0 unspecified atom stereocenters. The van der Waals surface area contributed by atoms with E-state index in [0.29, 0.717) is 5.92 Å². The van der Waals surface area contributed by atoms with E-state index >= 15 is 0 Å². The van der Waals surface area contributed by atoms with Gasteiger partial charge in [-0.2, -0.15) is 0 Å². The van der Waals surface area contributed by atoms with Crippen molar-refractivity contribution in [3.05, 3.63) is 0 Å². The Kier molecular flexibility index (Phi) is 7.60. The van der Waals surface area contributed by atoms with Crippen LogP contribution < -0.4 is 0 Å². The van der Waals surface area contributed by atoms with Gasteiger partial charge in [0, 0.05) is 41.2 Å². The summed E-state index contributed by atoms with van der Waals surface area (Å²) in [4.78, 5) is 25.2. The number of rotatable bonds is 6. The number of esters is 1. The minimum Gasteiger partial charge on any atom is -0.450 e. The lowest BCUT2D eigenvalue weighted by Crippen LogP contribution is -2.50. The first-order chi connectivity index (χ1) is 9.36. The molecule has 1 aliphatic rings. The summed E-state index contributed by atoms with van der Waals surface area (Å²) in [6, 6.07) is 0. The smallest absolute Gasteiger partial charge is 0.303 e. The standard InChI is InChI=1S/C13H22INO4S/c1-10(16)19-13(2,3)12(17)15-7-4-11(5-8-15)6-9-18-20-14/h11H,4-9H2,1-3H3. The number of likely N-dealkylation sites (tertiary alicyclic amines) is 1. The third kappa shape index (κ3) is 5.77. The molecule has 0 N–H and O–H groups in total. The van der Waals surface area contributed by atoms with Crippen molar-refractivity contribution < 1.29 is 18.5 Å². The molecule has 0 saturated carbocycles. The van der Waals surface area contributed by atoms with E-state index in [0.717, 1.165) is 39.0 Å². The van der Waals surface area contributed by atoms with Crippen molar-refractivity contribution in [1.82, 2.24) is 4.90 Å². The van der Waals surface area contributed by atoms with Crippen LogP contribution in [0.4, 0.5) is 0 Å². The maximum absolute atomic E-state index is 12.3. The molecule has 1 fully saturated rings. The molecule has 1 heterocycles. The van der Waals surface area contributed by atoms with Crippen LogP contribution in [0.25, 0.3) is 0 Å². The molecular formula is C13H22INO4S. The van der Waals surface area contributed by atoms with Crippen molar-refractivity contribution in [3.63, 3.8) is 0 Å². The molecule has 0 atom stereocenters. The molecule has 0 aromatic heterocycles. The molecule has 0 aromatic rings. The Morgan fingerprint density at radius 2 is 1.95 bits per heavy atom. The van der Waals surface area contributed by atoms with Crippen LogP contribution in [0.5, 0.6) is 0 Å². The van der Waals surface area contributed by atoms with E-state index in [4.69, 9.17) is 8.92 Å². The summed E-state index contributed by atoms with van der Waals surface area (Å²) in [6.45, 7) is 6.83. The van der Waals surface area contributed by atoms with Gasteiger partial charge >= 0.3 is 5.97 Å². The molecule has 0 bridgehead atoms. The van der Waals surface area contributed by atoms with E-state index in [1.54, 1.807) is 18.7 Å². The van der Waals surface area contributed by atoms with Crippen LogP contribution in [0.2, 0.25) is 0 Å². The van der Waals surface area contributed by atoms with Gasteiger partial charge in [-0.3, -0.25) is 9.59 Å². The molecule has 1 rings (SSSR count). The van der Waals surface area contributed by atoms with Gasteiger partial charge in [-0.1, -0.05) is 0 Å². The maximum atomic E-state index is 12.3. The Bertz CT molecular complexity index is 343. The summed E-state index contributed by atoms with van der Waals surface area (Å²) in [5.41, 5.74) is -1.07. The molecule has 0 radical (unpaired) electrons. The van der Waals surface area contributed by atoms with E-state index in [1.165, 1.54) is 16.1 Å². The van der Waals surface area contributed by atoms with Crippen LogP contribution >= 0.6 is 30.4 Å². The highest BCUT2D eigenvalue weighted by molar-refractivity contribution is 14.2. The molecule has 1 aliphatic heterocycles. The van der Waals surface area contributed by atoms with Gasteiger partial charge in [-0.25, -0.2) is 0 Å². The number of hydrogen-bond donors (Lipinski definition) is 0. The Labute approximate surface area is 136 Å². The minimum absolute atomic E-state index is 0.106. The molecule has 20 heavy (non-hydrogen) atoms. The number of hydrogen-bond acceptors (Lipinski definition) is 5. The Morgan fingerprint density at radius 3 is 2.45 bits per heavy atom. The highest BCUT2D eigenvalue weighted by Crippen LogP contribution is 2.25. The Morgan fingerprint density at radius 1 is 1.35 bits per heavy atom. The highest BCUT2D eigenvalue weighted by atomic mass is 127. The highest BCUT2D eigenvalue weighted by Gasteiger charge is 2.36. The quantitative estimate of drug-likeness (QED) is 0.289. The fourth-order valence-electron chi connectivity index (χ4n) is 2.45. The van der Waals surface area contributed by atoms with Gasteiger partial charge in [0.15, 0.2) is 5.60 Å². The molecule has 116 valence electrons. The lowest BCUT2D eigenvalue weighted by atomic mass is 9.93. The fraction of sp³-hybridized carbons (Fsp3) is 0.846. The van der Waals surface area contributed by atoms with E-state index in [2.05, 4.69) is 21.2 Å².